The number of rotatable bonds is 5. The highest BCUT2D eigenvalue weighted by atomic mass is 35.5. The van der Waals surface area contributed by atoms with E-state index in [1.807, 2.05) is 13.8 Å². The summed E-state index contributed by atoms with van der Waals surface area (Å²) in [5.41, 5.74) is 0.231. The molecule has 0 aliphatic carbocycles. The molecule has 1 saturated heterocycles. The fourth-order valence-corrected chi connectivity index (χ4v) is 5.29. The van der Waals surface area contributed by atoms with Crippen LogP contribution in [0.3, 0.4) is 0 Å². The largest absolute Gasteiger partial charge is 0.307 e. The smallest absolute Gasteiger partial charge is 0.256 e. The lowest BCUT2D eigenvalue weighted by atomic mass is 10.2. The Morgan fingerprint density at radius 1 is 1.14 bits per heavy atom. The van der Waals surface area contributed by atoms with E-state index >= 15 is 0 Å². The molecule has 2 aromatic rings. The van der Waals surface area contributed by atoms with Crippen molar-refractivity contribution in [2.24, 2.45) is 0 Å². The van der Waals surface area contributed by atoms with Gasteiger partial charge in [0.1, 0.15) is 10.7 Å². The molecule has 152 valence electrons. The van der Waals surface area contributed by atoms with E-state index in [4.69, 9.17) is 11.6 Å². The first-order valence-corrected chi connectivity index (χ1v) is 11.3. The average molecular weight is 425 g/mol. The molecule has 3 rings (SSSR count). The highest BCUT2D eigenvalue weighted by Gasteiger charge is 2.28. The van der Waals surface area contributed by atoms with Crippen molar-refractivity contribution >= 4 is 33.3 Å². The Morgan fingerprint density at radius 3 is 2.46 bits per heavy atom. The van der Waals surface area contributed by atoms with Crippen LogP contribution >= 0.6 is 11.6 Å². The molecule has 28 heavy (non-hydrogen) atoms. The molecule has 9 heteroatoms. The van der Waals surface area contributed by atoms with Crippen molar-refractivity contribution in [1.29, 1.82) is 0 Å². The SMILES string of the molecule is CC(C)n1nccc1NC(=O)c1ccc(Cl)c(S(=O)(=O)N2CCCCCC2)c1. The van der Waals surface area contributed by atoms with E-state index in [9.17, 15) is 13.2 Å². The maximum absolute atomic E-state index is 13.1. The number of sulfonamides is 1. The van der Waals surface area contributed by atoms with Gasteiger partial charge in [-0.25, -0.2) is 13.1 Å². The second-order valence-corrected chi connectivity index (χ2v) is 9.49. The van der Waals surface area contributed by atoms with Crippen molar-refractivity contribution in [3.63, 3.8) is 0 Å². The molecule has 1 aliphatic rings. The molecule has 0 saturated carbocycles. The Bertz CT molecular complexity index is 948. The summed E-state index contributed by atoms with van der Waals surface area (Å²) in [6, 6.07) is 6.11. The van der Waals surface area contributed by atoms with Crippen LogP contribution in [0.15, 0.2) is 35.4 Å². The number of nitrogens with zero attached hydrogens (tertiary/aromatic N) is 3. The number of anilines is 1. The molecule has 1 amide bonds. The number of carbonyl (C=O) groups is 1. The summed E-state index contributed by atoms with van der Waals surface area (Å²) in [7, 11) is -3.75. The summed E-state index contributed by atoms with van der Waals surface area (Å²) in [4.78, 5) is 12.7. The minimum atomic E-state index is -3.75. The number of amides is 1. The summed E-state index contributed by atoms with van der Waals surface area (Å²) < 4.78 is 29.3. The van der Waals surface area contributed by atoms with Crippen LogP contribution in [0.1, 0.15) is 55.9 Å². The Labute approximate surface area is 170 Å². The van der Waals surface area contributed by atoms with Gasteiger partial charge in [-0.3, -0.25) is 4.79 Å². The van der Waals surface area contributed by atoms with E-state index in [2.05, 4.69) is 10.4 Å². The summed E-state index contributed by atoms with van der Waals surface area (Å²) in [5.74, 6) is 0.137. The lowest BCUT2D eigenvalue weighted by Gasteiger charge is -2.21. The highest BCUT2D eigenvalue weighted by molar-refractivity contribution is 7.89. The standard InChI is InChI=1S/C19H25ClN4O3S/c1-14(2)24-18(9-10-21-24)22-19(25)15-7-8-16(20)17(13-15)28(26,27)23-11-5-3-4-6-12-23/h7-10,13-14H,3-6,11-12H2,1-2H3,(H,22,25). The number of nitrogens with one attached hydrogen (secondary N) is 1. The summed E-state index contributed by atoms with van der Waals surface area (Å²) in [6.07, 6.45) is 5.30. The van der Waals surface area contributed by atoms with Gasteiger partial charge in [-0.1, -0.05) is 24.4 Å². The van der Waals surface area contributed by atoms with Crippen molar-refractivity contribution in [1.82, 2.24) is 14.1 Å². The molecular formula is C19H25ClN4O3S. The van der Waals surface area contributed by atoms with E-state index in [1.165, 1.54) is 22.5 Å². The first-order valence-electron chi connectivity index (χ1n) is 9.45. The minimum Gasteiger partial charge on any atom is -0.307 e. The van der Waals surface area contributed by atoms with Crippen molar-refractivity contribution in [2.45, 2.75) is 50.5 Å². The normalized spacial score (nSPS) is 16.1. The fourth-order valence-electron chi connectivity index (χ4n) is 3.28. The van der Waals surface area contributed by atoms with Gasteiger partial charge < -0.3 is 5.32 Å². The molecule has 0 atom stereocenters. The molecule has 0 unspecified atom stereocenters. The van der Waals surface area contributed by atoms with Gasteiger partial charge in [0.05, 0.1) is 11.2 Å². The Hall–Kier alpha value is -1.90. The fraction of sp³-hybridized carbons (Fsp3) is 0.474. The Kier molecular flexibility index (Phi) is 6.42. The van der Waals surface area contributed by atoms with Gasteiger partial charge in [-0.15, -0.1) is 0 Å². The molecule has 0 spiro atoms. The number of halogens is 1. The number of carbonyl (C=O) groups excluding carboxylic acids is 1. The molecule has 0 bridgehead atoms. The van der Waals surface area contributed by atoms with E-state index in [0.717, 1.165) is 25.7 Å². The van der Waals surface area contributed by atoms with Crippen LogP contribution in [0.4, 0.5) is 5.82 Å². The van der Waals surface area contributed by atoms with Crippen LogP contribution in [0.25, 0.3) is 0 Å². The quantitative estimate of drug-likeness (QED) is 0.787. The first-order chi connectivity index (χ1) is 13.3. The van der Waals surface area contributed by atoms with Gasteiger partial charge in [-0.05, 0) is 44.9 Å². The lowest BCUT2D eigenvalue weighted by Crippen LogP contribution is -2.32. The molecule has 1 aromatic heterocycles. The van der Waals surface area contributed by atoms with Crippen LogP contribution in [0.5, 0.6) is 0 Å². The maximum atomic E-state index is 13.1. The van der Waals surface area contributed by atoms with Crippen molar-refractivity contribution in [2.75, 3.05) is 18.4 Å². The molecule has 1 fully saturated rings. The molecule has 0 radical (unpaired) electrons. The second-order valence-electron chi connectivity index (χ2n) is 7.17. The minimum absolute atomic E-state index is 0.0268. The topological polar surface area (TPSA) is 84.3 Å². The number of hydrogen-bond donors (Lipinski definition) is 1. The lowest BCUT2D eigenvalue weighted by molar-refractivity contribution is 0.102. The predicted octanol–water partition coefficient (Wildman–Crippen LogP) is 3.93. The highest BCUT2D eigenvalue weighted by Crippen LogP contribution is 2.28. The van der Waals surface area contributed by atoms with Crippen LogP contribution in [0, 0.1) is 0 Å². The summed E-state index contributed by atoms with van der Waals surface area (Å²) in [6.45, 7) is 4.86. The number of aromatic nitrogens is 2. The summed E-state index contributed by atoms with van der Waals surface area (Å²) >= 11 is 6.20. The molecule has 1 aliphatic heterocycles. The number of hydrogen-bond acceptors (Lipinski definition) is 4. The van der Waals surface area contributed by atoms with Gasteiger partial charge >= 0.3 is 0 Å². The van der Waals surface area contributed by atoms with E-state index in [0.29, 0.717) is 18.9 Å². The second kappa shape index (κ2) is 8.63. The third kappa shape index (κ3) is 4.39. The molecular weight excluding hydrogens is 400 g/mol. The van der Waals surface area contributed by atoms with Crippen LogP contribution in [0.2, 0.25) is 5.02 Å². The van der Waals surface area contributed by atoms with Crippen LogP contribution in [-0.4, -0.2) is 41.5 Å². The predicted molar refractivity (Wildman–Crippen MR) is 109 cm³/mol. The first kappa shape index (κ1) is 20.8. The van der Waals surface area contributed by atoms with Crippen LogP contribution in [-0.2, 0) is 10.0 Å². The molecule has 7 nitrogen and oxygen atoms in total. The van der Waals surface area contributed by atoms with E-state index in [1.54, 1.807) is 16.9 Å². The van der Waals surface area contributed by atoms with E-state index in [-0.39, 0.29) is 21.5 Å². The zero-order valence-corrected chi connectivity index (χ0v) is 17.6. The zero-order valence-electron chi connectivity index (χ0n) is 16.1. The van der Waals surface area contributed by atoms with Crippen molar-refractivity contribution < 1.29 is 13.2 Å². The van der Waals surface area contributed by atoms with Gasteiger partial charge in [0.15, 0.2) is 0 Å². The molecule has 2 heterocycles. The van der Waals surface area contributed by atoms with Gasteiger partial charge in [0, 0.05) is 30.8 Å². The van der Waals surface area contributed by atoms with Gasteiger partial charge in [0.2, 0.25) is 10.0 Å². The van der Waals surface area contributed by atoms with E-state index < -0.39 is 15.9 Å². The zero-order chi connectivity index (χ0) is 20.3. The van der Waals surface area contributed by atoms with Crippen LogP contribution < -0.4 is 5.32 Å². The van der Waals surface area contributed by atoms with Gasteiger partial charge in [0.25, 0.3) is 5.91 Å². The average Bonchev–Trinajstić information content (AvgIpc) is 2.93. The third-order valence-electron chi connectivity index (χ3n) is 4.78. The monoisotopic (exact) mass is 424 g/mol. The van der Waals surface area contributed by atoms with Gasteiger partial charge in [-0.2, -0.15) is 9.40 Å². The summed E-state index contributed by atoms with van der Waals surface area (Å²) in [5, 5.41) is 7.09. The Morgan fingerprint density at radius 2 is 1.82 bits per heavy atom. The van der Waals surface area contributed by atoms with Crippen molar-refractivity contribution in [3.8, 4) is 0 Å². The maximum Gasteiger partial charge on any atom is 0.256 e. The third-order valence-corrected chi connectivity index (χ3v) is 7.16. The molecule has 1 aromatic carbocycles. The molecule has 1 N–H and O–H groups in total. The van der Waals surface area contributed by atoms with Crippen molar-refractivity contribution in [3.05, 3.63) is 41.0 Å². The number of benzene rings is 1. The Balaban J connectivity index is 1.88.